The van der Waals surface area contributed by atoms with E-state index in [1.165, 1.54) is 0 Å². The summed E-state index contributed by atoms with van der Waals surface area (Å²) in [4.78, 5) is 0. The highest BCUT2D eigenvalue weighted by Gasteiger charge is 2.43. The molecule has 0 spiro atoms. The normalized spacial score (nSPS) is 16.2. The minimum absolute atomic E-state index is 0.107. The van der Waals surface area contributed by atoms with E-state index in [0.29, 0.717) is 13.0 Å². The van der Waals surface area contributed by atoms with E-state index in [2.05, 4.69) is 6.07 Å². The number of benzene rings is 1. The van der Waals surface area contributed by atoms with Crippen LogP contribution in [-0.4, -0.2) is 13.7 Å². The molecule has 1 aromatic rings. The summed E-state index contributed by atoms with van der Waals surface area (Å²) < 4.78 is 10.9. The first-order valence-corrected chi connectivity index (χ1v) is 5.42. The molecule has 0 unspecified atom stereocenters. The number of hydrogen-bond acceptors (Lipinski definition) is 3. The minimum Gasteiger partial charge on any atom is -0.493 e. The van der Waals surface area contributed by atoms with Crippen molar-refractivity contribution >= 4 is 0 Å². The summed E-state index contributed by atoms with van der Waals surface area (Å²) in [6.45, 7) is 0.612. The molecule has 0 heterocycles. The molecule has 16 heavy (non-hydrogen) atoms. The van der Waals surface area contributed by atoms with E-state index in [-0.39, 0.29) is 5.41 Å². The summed E-state index contributed by atoms with van der Waals surface area (Å²) in [5.41, 5.74) is 0.107. The summed E-state index contributed by atoms with van der Waals surface area (Å²) in [5, 5.41) is 8.71. The molecule has 0 bridgehead atoms. The number of nitrogens with zero attached hydrogens (tertiary/aromatic N) is 1. The molecule has 0 atom stereocenters. The van der Waals surface area contributed by atoms with Crippen molar-refractivity contribution in [3.05, 3.63) is 24.3 Å². The predicted octanol–water partition coefficient (Wildman–Crippen LogP) is 2.77. The van der Waals surface area contributed by atoms with Gasteiger partial charge in [-0.3, -0.25) is 0 Å². The van der Waals surface area contributed by atoms with Crippen LogP contribution in [0.4, 0.5) is 0 Å². The molecule has 0 amide bonds. The van der Waals surface area contributed by atoms with Gasteiger partial charge in [0.15, 0.2) is 11.5 Å². The number of hydrogen-bond donors (Lipinski definition) is 0. The van der Waals surface area contributed by atoms with Gasteiger partial charge in [0.25, 0.3) is 0 Å². The zero-order valence-electron chi connectivity index (χ0n) is 9.40. The molecule has 3 heteroatoms. The molecule has 0 aromatic heterocycles. The highest BCUT2D eigenvalue weighted by Crippen LogP contribution is 2.49. The summed E-state index contributed by atoms with van der Waals surface area (Å²) in [6, 6.07) is 9.82. The first-order valence-electron chi connectivity index (χ1n) is 5.42. The number of rotatable bonds is 5. The number of ether oxygens (including phenoxy) is 2. The van der Waals surface area contributed by atoms with Crippen molar-refractivity contribution in [1.82, 2.24) is 0 Å². The zero-order chi connectivity index (χ0) is 11.4. The smallest absolute Gasteiger partial charge is 0.161 e. The highest BCUT2D eigenvalue weighted by molar-refractivity contribution is 5.39. The highest BCUT2D eigenvalue weighted by atomic mass is 16.5. The Balaban J connectivity index is 1.97. The molecule has 0 saturated heterocycles. The van der Waals surface area contributed by atoms with Crippen LogP contribution in [0.2, 0.25) is 0 Å². The van der Waals surface area contributed by atoms with Crippen molar-refractivity contribution in [2.75, 3.05) is 13.7 Å². The Kier molecular flexibility index (Phi) is 3.00. The topological polar surface area (TPSA) is 42.2 Å². The van der Waals surface area contributed by atoms with E-state index in [0.717, 1.165) is 24.3 Å². The van der Waals surface area contributed by atoms with Crippen molar-refractivity contribution < 1.29 is 9.47 Å². The third kappa shape index (κ3) is 2.27. The first kappa shape index (κ1) is 10.8. The van der Waals surface area contributed by atoms with Gasteiger partial charge in [-0.1, -0.05) is 12.1 Å². The van der Waals surface area contributed by atoms with Crippen molar-refractivity contribution in [3.63, 3.8) is 0 Å². The van der Waals surface area contributed by atoms with E-state index in [9.17, 15) is 0 Å². The monoisotopic (exact) mass is 217 g/mol. The van der Waals surface area contributed by atoms with Gasteiger partial charge in [-0.05, 0) is 25.0 Å². The van der Waals surface area contributed by atoms with Crippen LogP contribution in [0.3, 0.4) is 0 Å². The number of methoxy groups -OCH3 is 1. The standard InChI is InChI=1S/C13H15NO2/c1-15-11-4-2-3-5-12(11)16-10-13(6-7-13)8-9-14/h2-5H,6-8,10H2,1H3. The second-order valence-electron chi connectivity index (χ2n) is 4.27. The molecule has 0 radical (unpaired) electrons. The Morgan fingerprint density at radius 1 is 1.31 bits per heavy atom. The molecule has 1 aromatic carbocycles. The molecule has 1 saturated carbocycles. The molecule has 3 nitrogen and oxygen atoms in total. The van der Waals surface area contributed by atoms with Gasteiger partial charge >= 0.3 is 0 Å². The number of nitriles is 1. The molecule has 1 aliphatic carbocycles. The average Bonchev–Trinajstić information content (AvgIpc) is 3.08. The van der Waals surface area contributed by atoms with Gasteiger partial charge in [0.2, 0.25) is 0 Å². The maximum Gasteiger partial charge on any atom is 0.161 e. The van der Waals surface area contributed by atoms with E-state index >= 15 is 0 Å². The molecule has 1 fully saturated rings. The van der Waals surface area contributed by atoms with Crippen molar-refractivity contribution in [1.29, 1.82) is 5.26 Å². The van der Waals surface area contributed by atoms with E-state index in [4.69, 9.17) is 14.7 Å². The third-order valence-electron chi connectivity index (χ3n) is 3.01. The molecular weight excluding hydrogens is 202 g/mol. The van der Waals surface area contributed by atoms with Gasteiger partial charge < -0.3 is 9.47 Å². The van der Waals surface area contributed by atoms with Gasteiger partial charge in [0.05, 0.1) is 19.8 Å². The fourth-order valence-corrected chi connectivity index (χ4v) is 1.69. The molecule has 1 aliphatic rings. The van der Waals surface area contributed by atoms with E-state index in [1.54, 1.807) is 7.11 Å². The van der Waals surface area contributed by atoms with Gasteiger partial charge in [0, 0.05) is 11.8 Å². The Morgan fingerprint density at radius 3 is 2.56 bits per heavy atom. The average molecular weight is 217 g/mol. The minimum atomic E-state index is 0.107. The van der Waals surface area contributed by atoms with Crippen LogP contribution >= 0.6 is 0 Å². The SMILES string of the molecule is COc1ccccc1OCC1(CC#N)CC1. The Hall–Kier alpha value is -1.69. The van der Waals surface area contributed by atoms with Crippen LogP contribution in [0.25, 0.3) is 0 Å². The second-order valence-corrected chi connectivity index (χ2v) is 4.27. The lowest BCUT2D eigenvalue weighted by molar-refractivity contribution is 0.227. The number of para-hydroxylation sites is 2. The van der Waals surface area contributed by atoms with E-state index < -0.39 is 0 Å². The lowest BCUT2D eigenvalue weighted by Crippen LogP contribution is -2.12. The maximum atomic E-state index is 8.71. The van der Waals surface area contributed by atoms with Gasteiger partial charge in [-0.15, -0.1) is 0 Å². The van der Waals surface area contributed by atoms with E-state index in [1.807, 2.05) is 24.3 Å². The van der Waals surface area contributed by atoms with Crippen LogP contribution in [0.1, 0.15) is 19.3 Å². The second kappa shape index (κ2) is 4.44. The van der Waals surface area contributed by atoms with Crippen LogP contribution in [0, 0.1) is 16.7 Å². The summed E-state index contributed by atoms with van der Waals surface area (Å²) in [7, 11) is 1.63. The molecule has 0 aliphatic heterocycles. The summed E-state index contributed by atoms with van der Waals surface area (Å²) in [5.74, 6) is 1.50. The van der Waals surface area contributed by atoms with Crippen LogP contribution in [0.5, 0.6) is 11.5 Å². The lowest BCUT2D eigenvalue weighted by Gasteiger charge is -2.14. The third-order valence-corrected chi connectivity index (χ3v) is 3.01. The van der Waals surface area contributed by atoms with Gasteiger partial charge in [-0.25, -0.2) is 0 Å². The Bertz CT molecular complexity index is 405. The maximum absolute atomic E-state index is 8.71. The molecule has 84 valence electrons. The molecule has 0 N–H and O–H groups in total. The van der Waals surface area contributed by atoms with Gasteiger partial charge in [-0.2, -0.15) is 5.26 Å². The Morgan fingerprint density at radius 2 is 2.00 bits per heavy atom. The van der Waals surface area contributed by atoms with Crippen molar-refractivity contribution in [2.45, 2.75) is 19.3 Å². The molecular formula is C13H15NO2. The van der Waals surface area contributed by atoms with Crippen LogP contribution in [-0.2, 0) is 0 Å². The summed E-state index contributed by atoms with van der Waals surface area (Å²) in [6.07, 6.45) is 2.77. The predicted molar refractivity (Wildman–Crippen MR) is 60.4 cm³/mol. The quantitative estimate of drug-likeness (QED) is 0.761. The van der Waals surface area contributed by atoms with Crippen molar-refractivity contribution in [3.8, 4) is 17.6 Å². The zero-order valence-corrected chi connectivity index (χ0v) is 9.40. The fourth-order valence-electron chi connectivity index (χ4n) is 1.69. The summed E-state index contributed by atoms with van der Waals surface area (Å²) >= 11 is 0. The van der Waals surface area contributed by atoms with Crippen LogP contribution < -0.4 is 9.47 Å². The van der Waals surface area contributed by atoms with Gasteiger partial charge in [0.1, 0.15) is 0 Å². The largest absolute Gasteiger partial charge is 0.493 e. The lowest BCUT2D eigenvalue weighted by atomic mass is 10.1. The van der Waals surface area contributed by atoms with Crippen molar-refractivity contribution in [2.24, 2.45) is 5.41 Å². The molecule has 2 rings (SSSR count). The van der Waals surface area contributed by atoms with Crippen LogP contribution in [0.15, 0.2) is 24.3 Å². The first-order chi connectivity index (χ1) is 7.79. The Labute approximate surface area is 95.6 Å². The fraction of sp³-hybridized carbons (Fsp3) is 0.462.